The van der Waals surface area contributed by atoms with Gasteiger partial charge in [-0.3, -0.25) is 4.79 Å². The molecule has 1 unspecified atom stereocenters. The number of aliphatic imine (C=N–C) groups is 3. The summed E-state index contributed by atoms with van der Waals surface area (Å²) in [4.78, 5) is 27.6. The predicted octanol–water partition coefficient (Wildman–Crippen LogP) is 6.77. The maximum absolute atomic E-state index is 12.2. The molecule has 8 heteroatoms. The van der Waals surface area contributed by atoms with E-state index in [1.54, 1.807) is 6.92 Å². The molecule has 0 radical (unpaired) electrons. The van der Waals surface area contributed by atoms with Crippen LogP contribution in [0, 0.1) is 11.8 Å². The van der Waals surface area contributed by atoms with Gasteiger partial charge in [0.25, 0.3) is 0 Å². The monoisotopic (exact) mass is 594 g/mol. The molecule has 6 rings (SSSR count). The van der Waals surface area contributed by atoms with Gasteiger partial charge in [0.1, 0.15) is 5.76 Å². The molecule has 0 aromatic carbocycles. The minimum absolute atomic E-state index is 0.00536. The van der Waals surface area contributed by atoms with Gasteiger partial charge in [0.05, 0.1) is 47.4 Å². The van der Waals surface area contributed by atoms with Crippen molar-refractivity contribution in [3.8, 4) is 0 Å². The van der Waals surface area contributed by atoms with Gasteiger partial charge in [-0.2, -0.15) is 0 Å². The number of carbonyl (C=O) groups excluding carboxylic acids is 1. The van der Waals surface area contributed by atoms with E-state index in [1.807, 2.05) is 13.0 Å². The molecule has 3 atom stereocenters. The lowest BCUT2D eigenvalue weighted by atomic mass is 9.86. The molecule has 0 spiro atoms. The molecule has 44 heavy (non-hydrogen) atoms. The summed E-state index contributed by atoms with van der Waals surface area (Å²) in [5, 5.41) is 25.9. The van der Waals surface area contributed by atoms with Crippen LogP contribution in [0.2, 0.25) is 0 Å². The summed E-state index contributed by atoms with van der Waals surface area (Å²) in [6, 6.07) is 0. The Morgan fingerprint density at radius 2 is 1.80 bits per heavy atom. The van der Waals surface area contributed by atoms with Crippen LogP contribution >= 0.6 is 0 Å². The van der Waals surface area contributed by atoms with Crippen molar-refractivity contribution in [2.75, 3.05) is 7.11 Å². The van der Waals surface area contributed by atoms with Gasteiger partial charge in [0, 0.05) is 52.8 Å². The molecular formula is C36H42N4O4. The first-order chi connectivity index (χ1) is 21.1. The Morgan fingerprint density at radius 3 is 2.48 bits per heavy atom. The van der Waals surface area contributed by atoms with Gasteiger partial charge in [-0.1, -0.05) is 27.2 Å². The second-order valence-corrected chi connectivity index (χ2v) is 12.4. The Morgan fingerprint density at radius 1 is 1.07 bits per heavy atom. The number of ether oxygens (including phenoxy) is 1. The molecule has 8 nitrogen and oxygen atoms in total. The number of esters is 1. The Balaban J connectivity index is 1.61. The third-order valence-corrected chi connectivity index (χ3v) is 9.76. The van der Waals surface area contributed by atoms with Gasteiger partial charge >= 0.3 is 5.97 Å². The fourth-order valence-corrected chi connectivity index (χ4v) is 7.39. The van der Waals surface area contributed by atoms with Crippen molar-refractivity contribution in [2.45, 2.75) is 86.2 Å². The molecule has 0 saturated carbocycles. The molecule has 230 valence electrons. The normalized spacial score (nSPS) is 24.9. The number of aliphatic hydroxyl groups is 2. The number of aliphatic hydroxyl groups excluding tert-OH is 2. The van der Waals surface area contributed by atoms with E-state index in [9.17, 15) is 15.0 Å². The highest BCUT2D eigenvalue weighted by molar-refractivity contribution is 6.21. The molecule has 3 N–H and O–H groups in total. The third-order valence-electron chi connectivity index (χ3n) is 9.76. The Hall–Kier alpha value is -4.04. The summed E-state index contributed by atoms with van der Waals surface area (Å²) >= 11 is 0. The van der Waals surface area contributed by atoms with E-state index in [2.05, 4.69) is 45.2 Å². The van der Waals surface area contributed by atoms with Gasteiger partial charge < -0.3 is 20.3 Å². The Kier molecular flexibility index (Phi) is 7.82. The topological polar surface area (TPSA) is 116 Å². The number of methoxy groups -OCH3 is 1. The zero-order chi connectivity index (χ0) is 31.4. The smallest absolute Gasteiger partial charge is 0.305 e. The van der Waals surface area contributed by atoms with E-state index in [0.29, 0.717) is 18.6 Å². The van der Waals surface area contributed by atoms with Gasteiger partial charge in [0.15, 0.2) is 0 Å². The minimum atomic E-state index is -0.701. The van der Waals surface area contributed by atoms with E-state index in [1.165, 1.54) is 12.7 Å². The van der Waals surface area contributed by atoms with Crippen molar-refractivity contribution in [3.63, 3.8) is 0 Å². The van der Waals surface area contributed by atoms with Crippen LogP contribution in [0.1, 0.15) is 80.1 Å². The van der Waals surface area contributed by atoms with E-state index in [4.69, 9.17) is 19.7 Å². The third kappa shape index (κ3) is 4.80. The first-order valence-corrected chi connectivity index (χ1v) is 15.8. The van der Waals surface area contributed by atoms with E-state index in [0.717, 1.165) is 98.3 Å². The lowest BCUT2D eigenvalue weighted by Crippen LogP contribution is -2.16. The number of carbonyl (C=O) groups is 1. The maximum atomic E-state index is 12.2. The highest BCUT2D eigenvalue weighted by atomic mass is 16.5. The fraction of sp³-hybridized carbons (Fsp3) is 0.444. The Bertz CT molecular complexity index is 1710. The van der Waals surface area contributed by atoms with Gasteiger partial charge in [-0.25, -0.2) is 15.0 Å². The second-order valence-electron chi connectivity index (χ2n) is 12.4. The van der Waals surface area contributed by atoms with E-state index in [-0.39, 0.29) is 24.2 Å². The van der Waals surface area contributed by atoms with Crippen molar-refractivity contribution in [1.82, 2.24) is 5.32 Å². The number of nitrogens with zero attached hydrogens (tertiary/aromatic N) is 3. The van der Waals surface area contributed by atoms with Crippen molar-refractivity contribution in [2.24, 2.45) is 26.8 Å². The van der Waals surface area contributed by atoms with E-state index < -0.39 is 6.10 Å². The van der Waals surface area contributed by atoms with Gasteiger partial charge in [0.2, 0.25) is 0 Å². The van der Waals surface area contributed by atoms with Crippen LogP contribution in [0.4, 0.5) is 0 Å². The fourth-order valence-electron chi connectivity index (χ4n) is 7.39. The molecular weight excluding hydrogens is 552 g/mol. The average molecular weight is 595 g/mol. The number of fused-ring (bicyclic) bond motifs is 5. The zero-order valence-corrected chi connectivity index (χ0v) is 26.8. The molecule has 6 aliphatic rings. The summed E-state index contributed by atoms with van der Waals surface area (Å²) in [5.74, 6) is 0.131. The summed E-state index contributed by atoms with van der Waals surface area (Å²) < 4.78 is 4.99. The SMILES string of the molecule is CCCC1=C(C)C2=NC1=CC1=C(CC)C3=C(O)CC(=C4NC(=CC5=NC(=C2)C(C(C)O)=C5C)[C@@H](C)[C@@H]4CCC(=O)OC)C3=N1. The van der Waals surface area contributed by atoms with Crippen LogP contribution in [-0.4, -0.2) is 46.5 Å². The molecule has 1 saturated heterocycles. The molecule has 5 heterocycles. The molecule has 0 aromatic rings. The van der Waals surface area contributed by atoms with Crippen LogP contribution in [0.15, 0.2) is 106 Å². The molecule has 1 fully saturated rings. The number of hydrogen-bond donors (Lipinski definition) is 3. The maximum Gasteiger partial charge on any atom is 0.305 e. The average Bonchev–Trinajstić information content (AvgIpc) is 3.74. The van der Waals surface area contributed by atoms with Gasteiger partial charge in [-0.15, -0.1) is 0 Å². The quantitative estimate of drug-likeness (QED) is 0.281. The molecule has 5 aliphatic heterocycles. The minimum Gasteiger partial charge on any atom is -0.511 e. The van der Waals surface area contributed by atoms with Gasteiger partial charge in [-0.05, 0) is 80.6 Å². The Labute approximate surface area is 259 Å². The molecule has 8 bridgehead atoms. The van der Waals surface area contributed by atoms with Crippen LogP contribution in [0.3, 0.4) is 0 Å². The lowest BCUT2D eigenvalue weighted by Gasteiger charge is -2.17. The first-order valence-electron chi connectivity index (χ1n) is 15.8. The van der Waals surface area contributed by atoms with Crippen molar-refractivity contribution >= 4 is 23.1 Å². The highest BCUT2D eigenvalue weighted by Gasteiger charge is 2.41. The van der Waals surface area contributed by atoms with Crippen molar-refractivity contribution in [3.05, 3.63) is 91.5 Å². The largest absolute Gasteiger partial charge is 0.511 e. The van der Waals surface area contributed by atoms with Crippen LogP contribution in [0.5, 0.6) is 0 Å². The number of nitrogens with one attached hydrogen (secondary N) is 1. The molecule has 1 aliphatic carbocycles. The van der Waals surface area contributed by atoms with Crippen LogP contribution in [-0.2, 0) is 9.53 Å². The first kappa shape index (κ1) is 30.0. The zero-order valence-electron chi connectivity index (χ0n) is 26.8. The predicted molar refractivity (Wildman–Crippen MR) is 174 cm³/mol. The second kappa shape index (κ2) is 11.5. The summed E-state index contributed by atoms with van der Waals surface area (Å²) in [6.45, 7) is 12.3. The summed E-state index contributed by atoms with van der Waals surface area (Å²) in [5.41, 5.74) is 13.7. The van der Waals surface area contributed by atoms with Crippen LogP contribution < -0.4 is 5.32 Å². The lowest BCUT2D eigenvalue weighted by molar-refractivity contribution is -0.140. The van der Waals surface area contributed by atoms with Crippen molar-refractivity contribution < 1.29 is 19.7 Å². The number of hydrogen-bond acceptors (Lipinski definition) is 8. The number of allylic oxidation sites excluding steroid dienone is 11. The summed E-state index contributed by atoms with van der Waals surface area (Å²) in [6.07, 6.45) is 9.30. The highest BCUT2D eigenvalue weighted by Crippen LogP contribution is 2.47. The standard InChI is InChI=1S/C36H42N4O4/c1-8-10-22-17(3)25-15-30-33(20(6)41)19(5)27(38-30)14-26-18(4)23(11-12-32(43)44-7)35(39-26)24-13-31(42)34-21(9-2)28(40-36(24)34)16-29(22)37-25/h14-16,18,20,23,39,41-42H,8-13H2,1-7H3/t18-,20?,23-/m0/s1. The molecule has 0 amide bonds. The van der Waals surface area contributed by atoms with E-state index >= 15 is 0 Å². The number of rotatable bonds is 7. The molecule has 0 aromatic heterocycles. The van der Waals surface area contributed by atoms with Crippen LogP contribution in [0.25, 0.3) is 0 Å². The summed E-state index contributed by atoms with van der Waals surface area (Å²) in [7, 11) is 1.42. The van der Waals surface area contributed by atoms with Crippen molar-refractivity contribution in [1.29, 1.82) is 0 Å².